The van der Waals surface area contributed by atoms with E-state index in [4.69, 9.17) is 0 Å². The number of nitrogens with zero attached hydrogens (tertiary/aromatic N) is 8. The highest BCUT2D eigenvalue weighted by molar-refractivity contribution is 7.84. The van der Waals surface area contributed by atoms with Crippen molar-refractivity contribution in [3.63, 3.8) is 0 Å². The predicted molar refractivity (Wildman–Crippen MR) is 154 cm³/mol. The van der Waals surface area contributed by atoms with E-state index in [2.05, 4.69) is 14.9 Å². The zero-order valence-corrected chi connectivity index (χ0v) is 24.2. The van der Waals surface area contributed by atoms with Gasteiger partial charge in [-0.05, 0) is 24.7 Å². The van der Waals surface area contributed by atoms with Crippen LogP contribution in [0.15, 0.2) is 41.6 Å². The fourth-order valence-electron chi connectivity index (χ4n) is 5.00. The highest BCUT2D eigenvalue weighted by atomic mass is 32.2. The van der Waals surface area contributed by atoms with Crippen LogP contribution in [0.3, 0.4) is 0 Å². The first kappa shape index (κ1) is 27.5. The number of benzene rings is 1. The quantitative estimate of drug-likeness (QED) is 0.353. The number of anilines is 1. The van der Waals surface area contributed by atoms with E-state index in [0.29, 0.717) is 43.3 Å². The van der Waals surface area contributed by atoms with Gasteiger partial charge in [0.05, 0.1) is 5.69 Å². The van der Waals surface area contributed by atoms with Crippen molar-refractivity contribution in [3.8, 4) is 16.5 Å². The summed E-state index contributed by atoms with van der Waals surface area (Å²) in [4.78, 5) is 39.7. The topological polar surface area (TPSA) is 120 Å². The average molecular weight is 601 g/mol. The molecule has 3 aromatic heterocycles. The molecule has 0 bridgehead atoms. The van der Waals surface area contributed by atoms with E-state index in [1.54, 1.807) is 43.6 Å². The summed E-state index contributed by atoms with van der Waals surface area (Å²) in [6.45, 7) is 3.98. The van der Waals surface area contributed by atoms with Crippen molar-refractivity contribution in [1.29, 1.82) is 0 Å². The number of thiazole rings is 1. The molecule has 41 heavy (non-hydrogen) atoms. The summed E-state index contributed by atoms with van der Waals surface area (Å²) in [5, 5.41) is 11.1. The highest BCUT2D eigenvalue weighted by Crippen LogP contribution is 2.33. The number of hydrogen-bond donors (Lipinski definition) is 1. The molecule has 2 saturated heterocycles. The van der Waals surface area contributed by atoms with Gasteiger partial charge in [-0.15, -0.1) is 11.3 Å². The van der Waals surface area contributed by atoms with Crippen molar-refractivity contribution < 1.29 is 18.5 Å². The van der Waals surface area contributed by atoms with Crippen molar-refractivity contribution in [2.75, 3.05) is 57.7 Å². The van der Waals surface area contributed by atoms with Crippen LogP contribution in [0, 0.1) is 5.82 Å². The lowest BCUT2D eigenvalue weighted by atomic mass is 10.1. The maximum atomic E-state index is 14.2. The van der Waals surface area contributed by atoms with Gasteiger partial charge in [-0.3, -0.25) is 13.9 Å². The van der Waals surface area contributed by atoms with Crippen LogP contribution in [0.25, 0.3) is 16.5 Å². The molecule has 1 amide bonds. The number of halogens is 1. The zero-order valence-electron chi connectivity index (χ0n) is 22.6. The molecule has 0 spiro atoms. The SMILES string of the molecule is CN1CCN(C(=O)Cn2ccn3c(=O)c(O)c(-c4ncc(Cc5ccc(F)cc5N5CCN(C)S5=O)s4)nc23)CC1. The Morgan fingerprint density at radius 2 is 1.90 bits per heavy atom. The van der Waals surface area contributed by atoms with Gasteiger partial charge in [-0.1, -0.05) is 6.07 Å². The molecule has 1 unspecified atom stereocenters. The molecule has 12 nitrogen and oxygen atoms in total. The lowest BCUT2D eigenvalue weighted by molar-refractivity contribution is -0.133. The Kier molecular flexibility index (Phi) is 7.36. The van der Waals surface area contributed by atoms with E-state index in [1.165, 1.54) is 34.1 Å². The molecule has 0 aliphatic carbocycles. The van der Waals surface area contributed by atoms with Crippen molar-refractivity contribution in [2.45, 2.75) is 13.0 Å². The van der Waals surface area contributed by atoms with E-state index < -0.39 is 28.3 Å². The molecule has 216 valence electrons. The third kappa shape index (κ3) is 5.25. The number of piperazine rings is 1. The molecule has 2 aliphatic rings. The Morgan fingerprint density at radius 1 is 1.12 bits per heavy atom. The summed E-state index contributed by atoms with van der Waals surface area (Å²) < 4.78 is 33.0. The standard InChI is InChI=1S/C26H29FN8O4S2/c1-30-5-8-32(9-6-30)21(36)16-33-10-11-34-25(38)23(37)22(29-26(33)34)24-28-15-19(40-24)13-17-3-4-18(27)14-20(17)35-12-7-31(2)41(35)39/h3-4,10-11,14-15,37H,5-9,12-13,16H2,1-2H3. The monoisotopic (exact) mass is 600 g/mol. The van der Waals surface area contributed by atoms with Gasteiger partial charge in [0.2, 0.25) is 17.4 Å². The van der Waals surface area contributed by atoms with Gasteiger partial charge < -0.3 is 19.5 Å². The van der Waals surface area contributed by atoms with Crippen LogP contribution in [0.1, 0.15) is 10.4 Å². The molecule has 5 heterocycles. The minimum atomic E-state index is -1.41. The fourth-order valence-corrected chi connectivity index (χ4v) is 7.08. The summed E-state index contributed by atoms with van der Waals surface area (Å²) in [5.41, 5.74) is 0.689. The Morgan fingerprint density at radius 3 is 2.63 bits per heavy atom. The summed E-state index contributed by atoms with van der Waals surface area (Å²) in [5.74, 6) is -0.804. The van der Waals surface area contributed by atoms with Crippen molar-refractivity contribution in [2.24, 2.45) is 0 Å². The number of aromatic nitrogens is 4. The molecule has 2 aliphatic heterocycles. The van der Waals surface area contributed by atoms with Crippen LogP contribution in [0.5, 0.6) is 5.75 Å². The van der Waals surface area contributed by atoms with Crippen molar-refractivity contribution in [3.05, 3.63) is 63.4 Å². The Labute approximate surface area is 241 Å². The van der Waals surface area contributed by atoms with E-state index >= 15 is 0 Å². The number of amides is 1. The number of imidazole rings is 1. The van der Waals surface area contributed by atoms with Crippen LogP contribution in [-0.4, -0.2) is 102 Å². The molecular formula is C26H29FN8O4S2. The van der Waals surface area contributed by atoms with Crippen LogP contribution in [0.4, 0.5) is 10.1 Å². The number of rotatable bonds is 6. The molecule has 1 atom stereocenters. The van der Waals surface area contributed by atoms with E-state index in [9.17, 15) is 23.3 Å². The predicted octanol–water partition coefficient (Wildman–Crippen LogP) is 1.16. The zero-order chi connectivity index (χ0) is 28.8. The molecule has 15 heteroatoms. The number of hydrogen-bond acceptors (Lipinski definition) is 8. The second kappa shape index (κ2) is 11.0. The third-order valence-corrected chi connectivity index (χ3v) is 9.87. The van der Waals surface area contributed by atoms with Gasteiger partial charge >= 0.3 is 5.56 Å². The van der Waals surface area contributed by atoms with E-state index in [1.807, 2.05) is 7.05 Å². The molecule has 1 aromatic carbocycles. The molecule has 4 aromatic rings. The highest BCUT2D eigenvalue weighted by Gasteiger charge is 2.28. The number of fused-ring (bicyclic) bond motifs is 1. The Bertz CT molecular complexity index is 1710. The summed E-state index contributed by atoms with van der Waals surface area (Å²) >= 11 is -0.162. The summed E-state index contributed by atoms with van der Waals surface area (Å²) in [6, 6.07) is 4.41. The molecule has 2 fully saturated rings. The number of carbonyl (C=O) groups is 1. The van der Waals surface area contributed by atoms with E-state index in [-0.39, 0.29) is 23.9 Å². The minimum absolute atomic E-state index is 0.0143. The number of likely N-dealkylation sites (N-methyl/N-ethyl adjacent to an activating group) is 2. The van der Waals surface area contributed by atoms with Gasteiger partial charge in [0.15, 0.2) is 16.9 Å². The minimum Gasteiger partial charge on any atom is -0.501 e. The smallest absolute Gasteiger partial charge is 0.302 e. The van der Waals surface area contributed by atoms with Gasteiger partial charge in [-0.2, -0.15) is 0 Å². The molecular weight excluding hydrogens is 571 g/mol. The van der Waals surface area contributed by atoms with Gasteiger partial charge in [0.1, 0.15) is 17.4 Å². The maximum Gasteiger partial charge on any atom is 0.302 e. The molecule has 6 rings (SSSR count). The first-order chi connectivity index (χ1) is 19.7. The van der Waals surface area contributed by atoms with Crippen LogP contribution >= 0.6 is 11.3 Å². The number of carbonyl (C=O) groups excluding carboxylic acids is 1. The molecule has 0 saturated carbocycles. The second-order valence-corrected chi connectivity index (χ2v) is 12.8. The first-order valence-corrected chi connectivity index (χ1v) is 15.0. The van der Waals surface area contributed by atoms with Crippen LogP contribution in [-0.2, 0) is 28.9 Å². The lowest BCUT2D eigenvalue weighted by Gasteiger charge is -2.32. The second-order valence-electron chi connectivity index (χ2n) is 10.2. The van der Waals surface area contributed by atoms with Gasteiger partial charge in [-0.25, -0.2) is 27.3 Å². The maximum absolute atomic E-state index is 14.2. The number of aromatic hydroxyl groups is 1. The lowest BCUT2D eigenvalue weighted by Crippen LogP contribution is -2.48. The molecule has 0 radical (unpaired) electrons. The van der Waals surface area contributed by atoms with Gasteiger partial charge in [0, 0.05) is 76.2 Å². The Hall–Kier alpha value is -3.66. The van der Waals surface area contributed by atoms with Crippen LogP contribution < -0.4 is 9.86 Å². The summed E-state index contributed by atoms with van der Waals surface area (Å²) in [7, 11) is 3.77. The Balaban J connectivity index is 1.28. The van der Waals surface area contributed by atoms with Gasteiger partial charge in [0.25, 0.3) is 0 Å². The average Bonchev–Trinajstić information content (AvgIpc) is 3.67. The molecule has 1 N–H and O–H groups in total. The van der Waals surface area contributed by atoms with Crippen LogP contribution in [0.2, 0.25) is 0 Å². The first-order valence-electron chi connectivity index (χ1n) is 13.1. The summed E-state index contributed by atoms with van der Waals surface area (Å²) in [6.07, 6.45) is 5.08. The normalized spacial score (nSPS) is 18.6. The fraction of sp³-hybridized carbons (Fsp3) is 0.385. The van der Waals surface area contributed by atoms with Crippen molar-refractivity contribution >= 4 is 39.9 Å². The largest absolute Gasteiger partial charge is 0.501 e. The van der Waals surface area contributed by atoms with Crippen molar-refractivity contribution in [1.82, 2.24) is 33.0 Å². The van der Waals surface area contributed by atoms with E-state index in [0.717, 1.165) is 23.5 Å². The third-order valence-electron chi connectivity index (χ3n) is 7.40.